The number of likely N-dealkylation sites (tertiary alicyclic amines) is 1. The second-order valence-electron chi connectivity index (χ2n) is 7.36. The van der Waals surface area contributed by atoms with E-state index < -0.39 is 0 Å². The van der Waals surface area contributed by atoms with Crippen LogP contribution in [0.2, 0.25) is 0 Å². The van der Waals surface area contributed by atoms with Gasteiger partial charge in [-0.1, -0.05) is 23.3 Å². The van der Waals surface area contributed by atoms with E-state index >= 15 is 0 Å². The van der Waals surface area contributed by atoms with Gasteiger partial charge in [0.05, 0.1) is 17.9 Å². The minimum absolute atomic E-state index is 0.267. The highest BCUT2D eigenvalue weighted by Crippen LogP contribution is 2.27. The quantitative estimate of drug-likeness (QED) is 0.370. The Kier molecular flexibility index (Phi) is 6.10. The number of thioether (sulfide) groups is 1. The smallest absolute Gasteiger partial charge is 0.258 e. The van der Waals surface area contributed by atoms with E-state index in [9.17, 15) is 4.39 Å². The molecule has 1 aliphatic rings. The number of hydrogen-bond acceptors (Lipinski definition) is 8. The first kappa shape index (κ1) is 20.3. The number of halogens is 1. The van der Waals surface area contributed by atoms with Gasteiger partial charge in [-0.05, 0) is 61.6 Å². The summed E-state index contributed by atoms with van der Waals surface area (Å²) in [7, 11) is 0. The predicted molar refractivity (Wildman–Crippen MR) is 118 cm³/mol. The van der Waals surface area contributed by atoms with Crippen LogP contribution in [0, 0.1) is 5.82 Å². The Bertz CT molecular complexity index is 1120. The number of piperidine rings is 1. The normalized spacial score (nSPS) is 14.9. The molecule has 0 radical (unpaired) electrons. The van der Waals surface area contributed by atoms with E-state index in [0.717, 1.165) is 41.9 Å². The summed E-state index contributed by atoms with van der Waals surface area (Å²) in [5.41, 5.74) is 1.76. The molecule has 10 heteroatoms. The number of rotatable bonds is 7. The molecule has 0 saturated carbocycles. The average Bonchev–Trinajstić information content (AvgIpc) is 3.55. The lowest BCUT2D eigenvalue weighted by Crippen LogP contribution is -2.30. The van der Waals surface area contributed by atoms with Crippen molar-refractivity contribution in [2.45, 2.75) is 36.7 Å². The SMILES string of the molecule is Fc1ccc(-n2c(CN3CCCCC3)nnc2SCc2noc(-c3ccsc3)n2)cc1. The average molecular weight is 457 g/mol. The fraction of sp³-hybridized carbons (Fsp3) is 0.333. The van der Waals surface area contributed by atoms with Crippen LogP contribution in [0.3, 0.4) is 0 Å². The van der Waals surface area contributed by atoms with E-state index in [0.29, 0.717) is 17.5 Å². The Morgan fingerprint density at radius 1 is 1.06 bits per heavy atom. The van der Waals surface area contributed by atoms with Crippen LogP contribution < -0.4 is 0 Å². The predicted octanol–water partition coefficient (Wildman–Crippen LogP) is 4.80. The van der Waals surface area contributed by atoms with E-state index in [1.165, 1.54) is 43.2 Å². The molecule has 31 heavy (non-hydrogen) atoms. The summed E-state index contributed by atoms with van der Waals surface area (Å²) in [4.78, 5) is 6.87. The van der Waals surface area contributed by atoms with E-state index in [1.807, 2.05) is 21.4 Å². The fourth-order valence-electron chi connectivity index (χ4n) is 3.61. The first-order valence-corrected chi connectivity index (χ1v) is 12.1. The van der Waals surface area contributed by atoms with Gasteiger partial charge in [-0.2, -0.15) is 16.3 Å². The molecule has 4 heterocycles. The van der Waals surface area contributed by atoms with Crippen molar-refractivity contribution in [3.05, 3.63) is 58.6 Å². The van der Waals surface area contributed by atoms with Gasteiger partial charge >= 0.3 is 0 Å². The minimum atomic E-state index is -0.267. The maximum atomic E-state index is 13.5. The van der Waals surface area contributed by atoms with Gasteiger partial charge < -0.3 is 4.52 Å². The molecule has 1 saturated heterocycles. The highest BCUT2D eigenvalue weighted by atomic mass is 32.2. The summed E-state index contributed by atoms with van der Waals surface area (Å²) >= 11 is 3.07. The lowest BCUT2D eigenvalue weighted by molar-refractivity contribution is 0.214. The van der Waals surface area contributed by atoms with Gasteiger partial charge in [0, 0.05) is 11.1 Å². The molecule has 0 amide bonds. The Morgan fingerprint density at radius 3 is 2.68 bits per heavy atom. The second-order valence-corrected chi connectivity index (χ2v) is 9.09. The van der Waals surface area contributed by atoms with E-state index in [1.54, 1.807) is 23.5 Å². The maximum Gasteiger partial charge on any atom is 0.258 e. The Morgan fingerprint density at radius 2 is 1.90 bits per heavy atom. The summed E-state index contributed by atoms with van der Waals surface area (Å²) < 4.78 is 20.9. The van der Waals surface area contributed by atoms with E-state index in [-0.39, 0.29) is 5.82 Å². The number of thiophene rings is 1. The zero-order valence-electron chi connectivity index (χ0n) is 16.8. The van der Waals surface area contributed by atoms with Gasteiger partial charge in [-0.15, -0.1) is 10.2 Å². The Hall–Kier alpha value is -2.56. The van der Waals surface area contributed by atoms with Crippen molar-refractivity contribution >= 4 is 23.1 Å². The third-order valence-corrected chi connectivity index (χ3v) is 6.77. The molecule has 1 aliphatic heterocycles. The Labute approximate surface area is 187 Å². The monoisotopic (exact) mass is 456 g/mol. The molecule has 1 aromatic carbocycles. The topological polar surface area (TPSA) is 72.9 Å². The summed E-state index contributed by atoms with van der Waals surface area (Å²) in [6.45, 7) is 2.84. The molecule has 160 valence electrons. The number of benzene rings is 1. The summed E-state index contributed by atoms with van der Waals surface area (Å²) in [5.74, 6) is 2.19. The molecule has 7 nitrogen and oxygen atoms in total. The van der Waals surface area contributed by atoms with Crippen LogP contribution in [-0.4, -0.2) is 42.9 Å². The highest BCUT2D eigenvalue weighted by molar-refractivity contribution is 7.98. The van der Waals surface area contributed by atoms with Crippen LogP contribution in [0.25, 0.3) is 17.1 Å². The molecule has 1 fully saturated rings. The van der Waals surface area contributed by atoms with Gasteiger partial charge in [-0.3, -0.25) is 9.47 Å². The molecular formula is C21H21FN6OS2. The molecular weight excluding hydrogens is 435 g/mol. The summed E-state index contributed by atoms with van der Waals surface area (Å²) in [6.07, 6.45) is 3.69. The molecule has 0 bridgehead atoms. The number of hydrogen-bond donors (Lipinski definition) is 0. The summed E-state index contributed by atoms with van der Waals surface area (Å²) in [6, 6.07) is 8.38. The van der Waals surface area contributed by atoms with Gasteiger partial charge in [0.1, 0.15) is 5.82 Å². The first-order valence-electron chi connectivity index (χ1n) is 10.2. The lowest BCUT2D eigenvalue weighted by Gasteiger charge is -2.26. The van der Waals surface area contributed by atoms with Crippen LogP contribution >= 0.6 is 23.1 Å². The largest absolute Gasteiger partial charge is 0.334 e. The van der Waals surface area contributed by atoms with Crippen molar-refractivity contribution in [1.82, 2.24) is 29.8 Å². The molecule has 0 spiro atoms. The van der Waals surface area contributed by atoms with Crippen LogP contribution in [0.1, 0.15) is 30.9 Å². The zero-order valence-corrected chi connectivity index (χ0v) is 18.4. The van der Waals surface area contributed by atoms with Crippen molar-refractivity contribution in [1.29, 1.82) is 0 Å². The first-order chi connectivity index (χ1) is 15.3. The number of nitrogens with zero attached hydrogens (tertiary/aromatic N) is 6. The van der Waals surface area contributed by atoms with Crippen molar-refractivity contribution in [3.8, 4) is 17.1 Å². The zero-order chi connectivity index (χ0) is 21.0. The van der Waals surface area contributed by atoms with Crippen molar-refractivity contribution in [3.63, 3.8) is 0 Å². The molecule has 0 aliphatic carbocycles. The standard InChI is InChI=1S/C21H21FN6OS2/c22-16-4-6-17(7-5-16)28-19(12-27-9-2-1-3-10-27)24-25-21(28)31-14-18-23-20(29-26-18)15-8-11-30-13-15/h4-8,11,13H,1-3,9-10,12,14H2. The van der Waals surface area contributed by atoms with Crippen molar-refractivity contribution in [2.75, 3.05) is 13.1 Å². The highest BCUT2D eigenvalue weighted by Gasteiger charge is 2.20. The maximum absolute atomic E-state index is 13.5. The molecule has 5 rings (SSSR count). The van der Waals surface area contributed by atoms with E-state index in [2.05, 4.69) is 25.2 Å². The van der Waals surface area contributed by atoms with Gasteiger partial charge in [0.15, 0.2) is 16.8 Å². The lowest BCUT2D eigenvalue weighted by atomic mass is 10.1. The Balaban J connectivity index is 1.37. The van der Waals surface area contributed by atoms with Crippen LogP contribution in [0.5, 0.6) is 0 Å². The van der Waals surface area contributed by atoms with Crippen LogP contribution in [-0.2, 0) is 12.3 Å². The van der Waals surface area contributed by atoms with Gasteiger partial charge in [0.2, 0.25) is 0 Å². The number of aromatic nitrogens is 5. The van der Waals surface area contributed by atoms with Crippen LogP contribution in [0.4, 0.5) is 4.39 Å². The molecule has 0 unspecified atom stereocenters. The molecule has 3 aromatic heterocycles. The van der Waals surface area contributed by atoms with Crippen LogP contribution in [0.15, 0.2) is 50.8 Å². The van der Waals surface area contributed by atoms with Crippen molar-refractivity contribution in [2.24, 2.45) is 0 Å². The second kappa shape index (κ2) is 9.29. The summed E-state index contributed by atoms with van der Waals surface area (Å²) in [5, 5.41) is 17.6. The fourth-order valence-corrected chi connectivity index (χ4v) is 5.05. The third-order valence-electron chi connectivity index (χ3n) is 5.17. The van der Waals surface area contributed by atoms with E-state index in [4.69, 9.17) is 4.52 Å². The van der Waals surface area contributed by atoms with Gasteiger partial charge in [-0.25, -0.2) is 4.39 Å². The molecule has 0 atom stereocenters. The molecule has 0 N–H and O–H groups in total. The molecule has 4 aromatic rings. The van der Waals surface area contributed by atoms with Gasteiger partial charge in [0.25, 0.3) is 5.89 Å². The van der Waals surface area contributed by atoms with Crippen molar-refractivity contribution < 1.29 is 8.91 Å². The third kappa shape index (κ3) is 4.70. The minimum Gasteiger partial charge on any atom is -0.334 e.